The number of fused-ring (bicyclic) bond motifs is 1. The van der Waals surface area contributed by atoms with Crippen molar-refractivity contribution < 1.29 is 35.1 Å². The summed E-state index contributed by atoms with van der Waals surface area (Å²) in [4.78, 5) is 0. The van der Waals surface area contributed by atoms with E-state index in [4.69, 9.17) is 0 Å². The molecule has 0 unspecified atom stereocenters. The SMILES string of the molecule is FC1(F)c2ccc(cc2)C(F)(F)C(F)(F)c2ccc(c3cc4ccccc4cc23)C1(F)F. The molecule has 8 heteroatoms. The number of rotatable bonds is 0. The second-order valence-electron chi connectivity index (χ2n) is 7.78. The van der Waals surface area contributed by atoms with Crippen LogP contribution in [0.15, 0.2) is 72.8 Å². The van der Waals surface area contributed by atoms with E-state index < -0.39 is 56.7 Å². The summed E-state index contributed by atoms with van der Waals surface area (Å²) in [6.07, 6.45) is 0. The van der Waals surface area contributed by atoms with Crippen molar-refractivity contribution in [2.45, 2.75) is 23.7 Å². The van der Waals surface area contributed by atoms with Crippen molar-refractivity contribution in [3.63, 3.8) is 0 Å². The van der Waals surface area contributed by atoms with Gasteiger partial charge in [0.2, 0.25) is 0 Å². The third-order valence-electron chi connectivity index (χ3n) is 5.96. The topological polar surface area (TPSA) is 0 Å². The maximum Gasteiger partial charge on any atom is 0.340 e. The Morgan fingerprint density at radius 1 is 0.406 bits per heavy atom. The van der Waals surface area contributed by atoms with Crippen LogP contribution in [0.25, 0.3) is 21.5 Å². The molecule has 4 aromatic rings. The quantitative estimate of drug-likeness (QED) is 0.187. The average molecular weight is 452 g/mol. The van der Waals surface area contributed by atoms with Crippen molar-refractivity contribution in [1.29, 1.82) is 0 Å². The summed E-state index contributed by atoms with van der Waals surface area (Å²) >= 11 is 0. The Hall–Kier alpha value is -3.16. The number of alkyl halides is 8. The summed E-state index contributed by atoms with van der Waals surface area (Å²) in [6, 6.07) is 10.3. The van der Waals surface area contributed by atoms with Crippen molar-refractivity contribution >= 4 is 21.5 Å². The highest BCUT2D eigenvalue weighted by Crippen LogP contribution is 2.56. The van der Waals surface area contributed by atoms with E-state index in [1.807, 2.05) is 0 Å². The van der Waals surface area contributed by atoms with E-state index in [1.165, 1.54) is 12.1 Å². The summed E-state index contributed by atoms with van der Waals surface area (Å²) in [5, 5.41) is -0.668. The van der Waals surface area contributed by atoms with E-state index in [1.54, 1.807) is 12.1 Å². The molecule has 0 saturated carbocycles. The van der Waals surface area contributed by atoms with Crippen LogP contribution in [0, 0.1) is 0 Å². The van der Waals surface area contributed by atoms with Gasteiger partial charge >= 0.3 is 23.7 Å². The monoisotopic (exact) mass is 452 g/mol. The Morgan fingerprint density at radius 3 is 1.09 bits per heavy atom. The molecule has 0 heterocycles. The van der Waals surface area contributed by atoms with Crippen molar-refractivity contribution in [2.24, 2.45) is 0 Å². The minimum Gasteiger partial charge on any atom is -0.194 e. The van der Waals surface area contributed by atoms with Gasteiger partial charge in [-0.3, -0.25) is 0 Å². The first-order valence-corrected chi connectivity index (χ1v) is 9.48. The summed E-state index contributed by atoms with van der Waals surface area (Å²) in [5.41, 5.74) is -4.97. The van der Waals surface area contributed by atoms with Crippen LogP contribution in [0.3, 0.4) is 0 Å². The third kappa shape index (κ3) is 2.49. The lowest BCUT2D eigenvalue weighted by molar-refractivity contribution is -0.226. The van der Waals surface area contributed by atoms with Crippen LogP contribution < -0.4 is 0 Å². The lowest BCUT2D eigenvalue weighted by Crippen LogP contribution is -2.39. The first-order chi connectivity index (χ1) is 14.9. The second kappa shape index (κ2) is 6.21. The molecule has 164 valence electrons. The van der Waals surface area contributed by atoms with Crippen LogP contribution in [-0.4, -0.2) is 0 Å². The molecule has 8 rings (SSSR count). The summed E-state index contributed by atoms with van der Waals surface area (Å²) in [7, 11) is 0. The molecule has 32 heavy (non-hydrogen) atoms. The predicted molar refractivity (Wildman–Crippen MR) is 103 cm³/mol. The van der Waals surface area contributed by atoms with Crippen LogP contribution in [0.1, 0.15) is 22.3 Å². The standard InChI is InChI=1S/C24H12F8/c25-21(26)15-5-7-16(8-6-15)22(27,28)24(31,32)20-10-9-19(23(21,29)30)17-11-13-3-1-2-4-14(13)12-18(17)20/h1-12H. The summed E-state index contributed by atoms with van der Waals surface area (Å²) < 4.78 is 121. The molecule has 4 aromatic carbocycles. The first kappa shape index (κ1) is 20.7. The molecule has 0 N–H and O–H groups in total. The molecular formula is C24H12F8. The van der Waals surface area contributed by atoms with Crippen molar-refractivity contribution in [3.05, 3.63) is 95.1 Å². The number of hydrogen-bond donors (Lipinski definition) is 0. The smallest absolute Gasteiger partial charge is 0.194 e. The minimum absolute atomic E-state index is 0.308. The van der Waals surface area contributed by atoms with Gasteiger partial charge in [0.25, 0.3) is 0 Å². The second-order valence-corrected chi connectivity index (χ2v) is 7.78. The summed E-state index contributed by atoms with van der Waals surface area (Å²) in [5.74, 6) is -19.2. The van der Waals surface area contributed by atoms with Gasteiger partial charge in [0.1, 0.15) is 0 Å². The van der Waals surface area contributed by atoms with E-state index in [-0.39, 0.29) is 0 Å². The van der Waals surface area contributed by atoms with E-state index in [9.17, 15) is 17.6 Å². The number of hydrogen-bond acceptors (Lipinski definition) is 0. The molecule has 4 aliphatic carbocycles. The zero-order valence-electron chi connectivity index (χ0n) is 16.0. The highest BCUT2D eigenvalue weighted by atomic mass is 19.3. The maximum absolute atomic E-state index is 15.3. The Balaban J connectivity index is 2.00. The van der Waals surface area contributed by atoms with Gasteiger partial charge in [-0.05, 0) is 33.7 Å². The molecule has 4 bridgehead atoms. The summed E-state index contributed by atoms with van der Waals surface area (Å²) in [6.45, 7) is 0. The van der Waals surface area contributed by atoms with E-state index in [0.29, 0.717) is 47.2 Å². The molecule has 0 nitrogen and oxygen atoms in total. The third-order valence-corrected chi connectivity index (χ3v) is 5.96. The predicted octanol–water partition coefficient (Wildman–Crippen LogP) is 8.07. The maximum atomic E-state index is 15.3. The minimum atomic E-state index is -4.81. The van der Waals surface area contributed by atoms with Crippen molar-refractivity contribution in [3.8, 4) is 0 Å². The molecule has 0 spiro atoms. The Bertz CT molecular complexity index is 1270. The largest absolute Gasteiger partial charge is 0.340 e. The van der Waals surface area contributed by atoms with Gasteiger partial charge in [0.05, 0.1) is 0 Å². The molecule has 4 aliphatic rings. The van der Waals surface area contributed by atoms with E-state index in [0.717, 1.165) is 12.1 Å². The molecule has 0 aromatic heterocycles. The van der Waals surface area contributed by atoms with Crippen molar-refractivity contribution in [1.82, 2.24) is 0 Å². The first-order valence-electron chi connectivity index (χ1n) is 9.48. The number of halogens is 8. The molecule has 0 amide bonds. The normalized spacial score (nSPS) is 20.2. The highest BCUT2D eigenvalue weighted by molar-refractivity contribution is 6.01. The van der Waals surface area contributed by atoms with Gasteiger partial charge in [-0.15, -0.1) is 0 Å². The van der Waals surface area contributed by atoms with Gasteiger partial charge < -0.3 is 0 Å². The highest BCUT2D eigenvalue weighted by Gasteiger charge is 2.62. The van der Waals surface area contributed by atoms with Gasteiger partial charge in [0.15, 0.2) is 0 Å². The Kier molecular flexibility index (Phi) is 4.02. The van der Waals surface area contributed by atoms with Crippen molar-refractivity contribution in [2.75, 3.05) is 0 Å². The zero-order chi connectivity index (χ0) is 23.1. The molecule has 0 aliphatic heterocycles. The number of benzene rings is 4. The molecule has 0 saturated heterocycles. The fourth-order valence-corrected chi connectivity index (χ4v) is 4.17. The van der Waals surface area contributed by atoms with Gasteiger partial charge in [-0.1, -0.05) is 60.7 Å². The van der Waals surface area contributed by atoms with Gasteiger partial charge in [-0.2, -0.15) is 35.1 Å². The van der Waals surface area contributed by atoms with E-state index >= 15 is 17.6 Å². The van der Waals surface area contributed by atoms with Crippen LogP contribution in [-0.2, 0) is 23.7 Å². The van der Waals surface area contributed by atoms with Crippen LogP contribution in [0.2, 0.25) is 0 Å². The lowest BCUT2D eigenvalue weighted by atomic mass is 9.84. The Labute approximate surface area is 176 Å². The molecule has 0 radical (unpaired) electrons. The molecule has 0 atom stereocenters. The van der Waals surface area contributed by atoms with E-state index in [2.05, 4.69) is 0 Å². The fraction of sp³-hybridized carbons (Fsp3) is 0.167. The van der Waals surface area contributed by atoms with Gasteiger partial charge in [-0.25, -0.2) is 0 Å². The zero-order valence-corrected chi connectivity index (χ0v) is 16.0. The van der Waals surface area contributed by atoms with Gasteiger partial charge in [0, 0.05) is 22.3 Å². The molecule has 0 fully saturated rings. The molecular weight excluding hydrogens is 440 g/mol. The average Bonchev–Trinajstić information content (AvgIpc) is 2.76. The van der Waals surface area contributed by atoms with Crippen LogP contribution >= 0.6 is 0 Å². The lowest BCUT2D eigenvalue weighted by Gasteiger charge is -2.33. The van der Waals surface area contributed by atoms with Crippen LogP contribution in [0.4, 0.5) is 35.1 Å². The fourth-order valence-electron chi connectivity index (χ4n) is 4.17. The van der Waals surface area contributed by atoms with Crippen LogP contribution in [0.5, 0.6) is 0 Å². The Morgan fingerprint density at radius 2 is 0.750 bits per heavy atom.